The van der Waals surface area contributed by atoms with Crippen molar-refractivity contribution in [3.63, 3.8) is 0 Å². The largest absolute Gasteiger partial charge is 0.449 e. The second-order valence-electron chi connectivity index (χ2n) is 4.65. The summed E-state index contributed by atoms with van der Waals surface area (Å²) in [6.45, 7) is 1.25. The zero-order chi connectivity index (χ0) is 17.9. The van der Waals surface area contributed by atoms with Crippen molar-refractivity contribution in [1.82, 2.24) is 4.98 Å². The average molecular weight is 403 g/mol. The maximum atomic E-state index is 13.5. The molecule has 0 fully saturated rings. The van der Waals surface area contributed by atoms with Crippen LogP contribution in [0, 0.1) is 17.5 Å². The van der Waals surface area contributed by atoms with Gasteiger partial charge in [0.2, 0.25) is 0 Å². The maximum Gasteiger partial charge on any atom is 0.340 e. The standard InChI is InChI=1S/C15H10BrF3N2O3/c1-7(24-15(23)8-4-9(16)6-20-5-8)14(22)21-11-3-2-10(17)12(18)13(11)19/h2-7H,1H3,(H,21,22). The van der Waals surface area contributed by atoms with E-state index in [1.807, 2.05) is 5.32 Å². The Hall–Kier alpha value is -2.42. The molecule has 0 saturated carbocycles. The lowest BCUT2D eigenvalue weighted by atomic mass is 10.2. The van der Waals surface area contributed by atoms with Crippen LogP contribution in [0.5, 0.6) is 0 Å². The van der Waals surface area contributed by atoms with Crippen LogP contribution >= 0.6 is 15.9 Å². The van der Waals surface area contributed by atoms with E-state index in [9.17, 15) is 22.8 Å². The Morgan fingerprint density at radius 3 is 2.58 bits per heavy atom. The Kier molecular flexibility index (Phi) is 5.55. The van der Waals surface area contributed by atoms with Gasteiger partial charge in [0.15, 0.2) is 23.6 Å². The van der Waals surface area contributed by atoms with Gasteiger partial charge in [-0.3, -0.25) is 9.78 Å². The van der Waals surface area contributed by atoms with E-state index in [1.165, 1.54) is 25.4 Å². The van der Waals surface area contributed by atoms with Crippen LogP contribution in [0.1, 0.15) is 17.3 Å². The highest BCUT2D eigenvalue weighted by atomic mass is 79.9. The number of nitrogens with one attached hydrogen (secondary N) is 1. The second kappa shape index (κ2) is 7.43. The monoisotopic (exact) mass is 402 g/mol. The molecule has 1 heterocycles. The lowest BCUT2D eigenvalue weighted by Crippen LogP contribution is -2.30. The van der Waals surface area contributed by atoms with Gasteiger partial charge in [-0.1, -0.05) is 0 Å². The van der Waals surface area contributed by atoms with Crippen molar-refractivity contribution in [2.24, 2.45) is 0 Å². The predicted octanol–water partition coefficient (Wildman–Crippen LogP) is 3.45. The number of anilines is 1. The SMILES string of the molecule is CC(OC(=O)c1cncc(Br)c1)C(=O)Nc1ccc(F)c(F)c1F. The number of amides is 1. The third-order valence-electron chi connectivity index (χ3n) is 2.89. The van der Waals surface area contributed by atoms with Gasteiger partial charge in [-0.2, -0.15) is 0 Å². The van der Waals surface area contributed by atoms with Gasteiger partial charge in [-0.15, -0.1) is 0 Å². The Balaban J connectivity index is 2.05. The number of ether oxygens (including phenoxy) is 1. The summed E-state index contributed by atoms with van der Waals surface area (Å²) in [7, 11) is 0. The fraction of sp³-hybridized carbons (Fsp3) is 0.133. The number of carbonyl (C=O) groups excluding carboxylic acids is 2. The number of benzene rings is 1. The number of hydrogen-bond donors (Lipinski definition) is 1. The van der Waals surface area contributed by atoms with E-state index in [-0.39, 0.29) is 5.56 Å². The quantitative estimate of drug-likeness (QED) is 0.628. The van der Waals surface area contributed by atoms with Crippen molar-refractivity contribution in [2.45, 2.75) is 13.0 Å². The number of hydrogen-bond acceptors (Lipinski definition) is 4. The zero-order valence-electron chi connectivity index (χ0n) is 12.1. The van der Waals surface area contributed by atoms with Gasteiger partial charge >= 0.3 is 5.97 Å². The summed E-state index contributed by atoms with van der Waals surface area (Å²) in [4.78, 5) is 27.6. The normalized spacial score (nSPS) is 11.7. The number of rotatable bonds is 4. The molecule has 0 radical (unpaired) electrons. The third-order valence-corrected chi connectivity index (χ3v) is 3.32. The van der Waals surface area contributed by atoms with Crippen LogP contribution in [0.3, 0.4) is 0 Å². The fourth-order valence-corrected chi connectivity index (χ4v) is 2.03. The van der Waals surface area contributed by atoms with Crippen LogP contribution in [0.2, 0.25) is 0 Å². The summed E-state index contributed by atoms with van der Waals surface area (Å²) in [5.41, 5.74) is -0.464. The third kappa shape index (κ3) is 4.10. The van der Waals surface area contributed by atoms with Crippen LogP contribution in [-0.2, 0) is 9.53 Å². The maximum absolute atomic E-state index is 13.5. The molecule has 2 rings (SSSR count). The molecule has 0 aliphatic heterocycles. The summed E-state index contributed by atoms with van der Waals surface area (Å²) in [6, 6.07) is 2.96. The topological polar surface area (TPSA) is 68.3 Å². The first-order valence-electron chi connectivity index (χ1n) is 6.55. The molecule has 0 aliphatic rings. The van der Waals surface area contributed by atoms with Crippen LogP contribution in [0.25, 0.3) is 0 Å². The van der Waals surface area contributed by atoms with E-state index >= 15 is 0 Å². The molecule has 2 aromatic rings. The lowest BCUT2D eigenvalue weighted by Gasteiger charge is -2.14. The van der Waals surface area contributed by atoms with Crippen LogP contribution < -0.4 is 5.32 Å². The minimum atomic E-state index is -1.71. The van der Waals surface area contributed by atoms with Gasteiger partial charge in [0.1, 0.15) is 0 Å². The Morgan fingerprint density at radius 2 is 1.92 bits per heavy atom. The van der Waals surface area contributed by atoms with Gasteiger partial charge < -0.3 is 10.1 Å². The van der Waals surface area contributed by atoms with Crippen molar-refractivity contribution in [2.75, 3.05) is 5.32 Å². The van der Waals surface area contributed by atoms with E-state index in [2.05, 4.69) is 20.9 Å². The molecule has 1 amide bonds. The number of carbonyl (C=O) groups is 2. The molecule has 24 heavy (non-hydrogen) atoms. The lowest BCUT2D eigenvalue weighted by molar-refractivity contribution is -0.123. The van der Waals surface area contributed by atoms with Gasteiger partial charge in [-0.25, -0.2) is 18.0 Å². The van der Waals surface area contributed by atoms with Crippen molar-refractivity contribution >= 4 is 33.5 Å². The molecule has 0 bridgehead atoms. The van der Waals surface area contributed by atoms with Crippen molar-refractivity contribution < 1.29 is 27.5 Å². The molecule has 1 aromatic heterocycles. The number of halogens is 4. The minimum absolute atomic E-state index is 0.100. The second-order valence-corrected chi connectivity index (χ2v) is 5.57. The van der Waals surface area contributed by atoms with E-state index in [4.69, 9.17) is 4.74 Å². The van der Waals surface area contributed by atoms with Gasteiger partial charge in [-0.05, 0) is 41.1 Å². The summed E-state index contributed by atoms with van der Waals surface area (Å²) in [5.74, 6) is -6.36. The predicted molar refractivity (Wildman–Crippen MR) is 81.8 cm³/mol. The fourth-order valence-electron chi connectivity index (χ4n) is 1.66. The Bertz CT molecular complexity index is 802. The van der Waals surface area contributed by atoms with E-state index < -0.39 is 41.1 Å². The van der Waals surface area contributed by atoms with Crippen LogP contribution in [0.15, 0.2) is 35.1 Å². The van der Waals surface area contributed by atoms with E-state index in [0.29, 0.717) is 10.5 Å². The molecular formula is C15H10BrF3N2O3. The van der Waals surface area contributed by atoms with Gasteiger partial charge in [0.25, 0.3) is 5.91 Å². The first-order valence-corrected chi connectivity index (χ1v) is 7.34. The Morgan fingerprint density at radius 1 is 1.21 bits per heavy atom. The average Bonchev–Trinajstić information content (AvgIpc) is 2.55. The zero-order valence-corrected chi connectivity index (χ0v) is 13.7. The van der Waals surface area contributed by atoms with Crippen molar-refractivity contribution in [3.8, 4) is 0 Å². The first-order chi connectivity index (χ1) is 11.3. The highest BCUT2D eigenvalue weighted by Gasteiger charge is 2.22. The summed E-state index contributed by atoms with van der Waals surface area (Å²) in [6.07, 6.45) is 1.40. The van der Waals surface area contributed by atoms with Gasteiger partial charge in [0, 0.05) is 16.9 Å². The summed E-state index contributed by atoms with van der Waals surface area (Å²) < 4.78 is 44.9. The molecule has 0 aliphatic carbocycles. The minimum Gasteiger partial charge on any atom is -0.449 e. The van der Waals surface area contributed by atoms with Crippen LogP contribution in [-0.4, -0.2) is 23.0 Å². The van der Waals surface area contributed by atoms with Gasteiger partial charge in [0.05, 0.1) is 11.3 Å². The smallest absolute Gasteiger partial charge is 0.340 e. The van der Waals surface area contributed by atoms with Crippen LogP contribution in [0.4, 0.5) is 18.9 Å². The molecule has 1 N–H and O–H groups in total. The van der Waals surface area contributed by atoms with E-state index in [0.717, 1.165) is 6.07 Å². The summed E-state index contributed by atoms with van der Waals surface area (Å²) >= 11 is 3.13. The molecule has 126 valence electrons. The molecular weight excluding hydrogens is 393 g/mol. The van der Waals surface area contributed by atoms with E-state index in [1.54, 1.807) is 0 Å². The Labute approximate surface area is 143 Å². The highest BCUT2D eigenvalue weighted by molar-refractivity contribution is 9.10. The molecule has 0 saturated heterocycles. The number of nitrogens with zero attached hydrogens (tertiary/aromatic N) is 1. The number of pyridine rings is 1. The van der Waals surface area contributed by atoms with Crippen molar-refractivity contribution in [3.05, 3.63) is 58.1 Å². The number of aromatic nitrogens is 1. The molecule has 9 heteroatoms. The summed E-state index contributed by atoms with van der Waals surface area (Å²) in [5, 5.41) is 2.02. The molecule has 1 unspecified atom stereocenters. The molecule has 1 aromatic carbocycles. The molecule has 5 nitrogen and oxygen atoms in total. The highest BCUT2D eigenvalue weighted by Crippen LogP contribution is 2.20. The van der Waals surface area contributed by atoms with Crippen molar-refractivity contribution in [1.29, 1.82) is 0 Å². The number of esters is 1. The molecule has 1 atom stereocenters. The first kappa shape index (κ1) is 17.9. The molecule has 0 spiro atoms.